The number of carbonyl (C=O) groups excluding carboxylic acids is 3. The third kappa shape index (κ3) is 4.41. The van der Waals surface area contributed by atoms with Gasteiger partial charge in [0.1, 0.15) is 11.5 Å². The minimum absolute atomic E-state index is 0.0287. The quantitative estimate of drug-likeness (QED) is 0.577. The predicted octanol–water partition coefficient (Wildman–Crippen LogP) is 4.18. The molecule has 0 aromatic heterocycles. The molecular formula is C25H20FN3O3. The molecule has 0 saturated heterocycles. The van der Waals surface area contributed by atoms with Gasteiger partial charge >= 0.3 is 0 Å². The van der Waals surface area contributed by atoms with Crippen LogP contribution in [0.15, 0.2) is 84.6 Å². The Hall–Kier alpha value is -4.26. The first-order chi connectivity index (χ1) is 15.4. The van der Waals surface area contributed by atoms with Gasteiger partial charge in [-0.3, -0.25) is 19.3 Å². The minimum atomic E-state index is -0.468. The van der Waals surface area contributed by atoms with E-state index in [0.29, 0.717) is 22.5 Å². The highest BCUT2D eigenvalue weighted by Crippen LogP contribution is 2.31. The SMILES string of the molecule is CC(=O)Nc1ccc(NC2=C(c3ccccc3)C(=O)N(Cc3ccc(F)cc3)C2=O)cc1. The molecule has 3 aromatic carbocycles. The Morgan fingerprint density at radius 1 is 0.844 bits per heavy atom. The number of nitrogens with zero attached hydrogens (tertiary/aromatic N) is 1. The van der Waals surface area contributed by atoms with Crippen LogP contribution in [0.1, 0.15) is 18.1 Å². The van der Waals surface area contributed by atoms with Crippen molar-refractivity contribution in [1.82, 2.24) is 4.90 Å². The van der Waals surface area contributed by atoms with Gasteiger partial charge in [0.15, 0.2) is 0 Å². The molecular weight excluding hydrogens is 409 g/mol. The largest absolute Gasteiger partial charge is 0.350 e. The van der Waals surface area contributed by atoms with Gasteiger partial charge in [-0.05, 0) is 47.5 Å². The van der Waals surface area contributed by atoms with E-state index >= 15 is 0 Å². The standard InChI is InChI=1S/C25H20FN3O3/c1-16(30)27-20-11-13-21(14-12-20)28-23-22(18-5-3-2-4-6-18)24(31)29(25(23)32)15-17-7-9-19(26)10-8-17/h2-14,28H,15H2,1H3,(H,27,30). The maximum absolute atomic E-state index is 13.3. The minimum Gasteiger partial charge on any atom is -0.350 e. The third-order valence-electron chi connectivity index (χ3n) is 4.96. The second-order valence-corrected chi connectivity index (χ2v) is 7.32. The van der Waals surface area contributed by atoms with Crippen LogP contribution in [-0.4, -0.2) is 22.6 Å². The number of amides is 3. The molecule has 0 saturated carbocycles. The van der Waals surface area contributed by atoms with Gasteiger partial charge in [0.2, 0.25) is 5.91 Å². The first-order valence-corrected chi connectivity index (χ1v) is 9.97. The molecule has 1 heterocycles. The van der Waals surface area contributed by atoms with Gasteiger partial charge in [0, 0.05) is 18.3 Å². The molecule has 1 aliphatic rings. The Morgan fingerprint density at radius 3 is 2.09 bits per heavy atom. The van der Waals surface area contributed by atoms with Gasteiger partial charge in [-0.1, -0.05) is 42.5 Å². The molecule has 4 rings (SSSR count). The van der Waals surface area contributed by atoms with Crippen LogP contribution in [0, 0.1) is 5.82 Å². The summed E-state index contributed by atoms with van der Waals surface area (Å²) in [5.41, 5.74) is 2.89. The van der Waals surface area contributed by atoms with Crippen LogP contribution in [-0.2, 0) is 20.9 Å². The van der Waals surface area contributed by atoms with E-state index in [0.717, 1.165) is 4.90 Å². The van der Waals surface area contributed by atoms with E-state index < -0.39 is 11.8 Å². The van der Waals surface area contributed by atoms with E-state index in [4.69, 9.17) is 0 Å². The Labute approximate surface area is 184 Å². The molecule has 7 heteroatoms. The number of nitrogens with one attached hydrogen (secondary N) is 2. The number of rotatable bonds is 6. The second kappa shape index (κ2) is 8.85. The molecule has 0 unspecified atom stereocenters. The lowest BCUT2D eigenvalue weighted by Crippen LogP contribution is -2.32. The summed E-state index contributed by atoms with van der Waals surface area (Å²) in [6.45, 7) is 1.45. The van der Waals surface area contributed by atoms with E-state index in [1.165, 1.54) is 19.1 Å². The van der Waals surface area contributed by atoms with Crippen LogP contribution in [0.25, 0.3) is 5.57 Å². The van der Waals surface area contributed by atoms with Crippen molar-refractivity contribution in [2.24, 2.45) is 0 Å². The van der Waals surface area contributed by atoms with Gasteiger partial charge < -0.3 is 10.6 Å². The average molecular weight is 429 g/mol. The molecule has 3 amide bonds. The van der Waals surface area contributed by atoms with Crippen LogP contribution in [0.3, 0.4) is 0 Å². The average Bonchev–Trinajstić information content (AvgIpc) is 3.01. The molecule has 32 heavy (non-hydrogen) atoms. The van der Waals surface area contributed by atoms with Crippen molar-refractivity contribution in [3.63, 3.8) is 0 Å². The zero-order valence-corrected chi connectivity index (χ0v) is 17.3. The molecule has 160 valence electrons. The summed E-state index contributed by atoms with van der Waals surface area (Å²) in [6.07, 6.45) is 0. The van der Waals surface area contributed by atoms with Crippen molar-refractivity contribution in [3.05, 3.63) is 102 Å². The molecule has 2 N–H and O–H groups in total. The number of hydrogen-bond donors (Lipinski definition) is 2. The highest BCUT2D eigenvalue weighted by atomic mass is 19.1. The highest BCUT2D eigenvalue weighted by molar-refractivity contribution is 6.36. The van der Waals surface area contributed by atoms with Crippen LogP contribution >= 0.6 is 0 Å². The Bertz CT molecular complexity index is 1200. The van der Waals surface area contributed by atoms with Gasteiger partial charge in [-0.2, -0.15) is 0 Å². The van der Waals surface area contributed by atoms with Crippen LogP contribution in [0.4, 0.5) is 15.8 Å². The van der Waals surface area contributed by atoms with Crippen molar-refractivity contribution in [1.29, 1.82) is 0 Å². The molecule has 0 atom stereocenters. The molecule has 0 fully saturated rings. The number of hydrogen-bond acceptors (Lipinski definition) is 4. The summed E-state index contributed by atoms with van der Waals surface area (Å²) in [6, 6.07) is 21.4. The van der Waals surface area contributed by atoms with Gasteiger partial charge in [0.05, 0.1) is 12.1 Å². The fraction of sp³-hybridized carbons (Fsp3) is 0.0800. The Balaban J connectivity index is 1.66. The zero-order chi connectivity index (χ0) is 22.7. The molecule has 0 bridgehead atoms. The number of halogens is 1. The zero-order valence-electron chi connectivity index (χ0n) is 17.3. The fourth-order valence-corrected chi connectivity index (χ4v) is 3.47. The molecule has 1 aliphatic heterocycles. The molecule has 0 radical (unpaired) electrons. The van der Waals surface area contributed by atoms with Crippen LogP contribution in [0.5, 0.6) is 0 Å². The maximum Gasteiger partial charge on any atom is 0.278 e. The Kier molecular flexibility index (Phi) is 5.81. The predicted molar refractivity (Wildman–Crippen MR) is 120 cm³/mol. The lowest BCUT2D eigenvalue weighted by Gasteiger charge is -2.15. The molecule has 6 nitrogen and oxygen atoms in total. The number of anilines is 2. The summed E-state index contributed by atoms with van der Waals surface area (Å²) in [5, 5.41) is 5.75. The van der Waals surface area contributed by atoms with E-state index in [2.05, 4.69) is 10.6 Å². The van der Waals surface area contributed by atoms with E-state index in [-0.39, 0.29) is 29.5 Å². The summed E-state index contributed by atoms with van der Waals surface area (Å²) in [7, 11) is 0. The summed E-state index contributed by atoms with van der Waals surface area (Å²) in [5.74, 6) is -1.47. The van der Waals surface area contributed by atoms with Gasteiger partial charge in [-0.15, -0.1) is 0 Å². The second-order valence-electron chi connectivity index (χ2n) is 7.32. The Morgan fingerprint density at radius 2 is 1.47 bits per heavy atom. The van der Waals surface area contributed by atoms with Crippen molar-refractivity contribution in [3.8, 4) is 0 Å². The molecule has 0 spiro atoms. The summed E-state index contributed by atoms with van der Waals surface area (Å²) in [4.78, 5) is 38.9. The van der Waals surface area contributed by atoms with Crippen LogP contribution < -0.4 is 10.6 Å². The fourth-order valence-electron chi connectivity index (χ4n) is 3.47. The lowest BCUT2D eigenvalue weighted by molar-refractivity contribution is -0.137. The van der Waals surface area contributed by atoms with E-state index in [1.54, 1.807) is 60.7 Å². The molecule has 0 aliphatic carbocycles. The van der Waals surface area contributed by atoms with Crippen molar-refractivity contribution >= 4 is 34.7 Å². The first-order valence-electron chi connectivity index (χ1n) is 9.97. The van der Waals surface area contributed by atoms with Crippen LogP contribution in [0.2, 0.25) is 0 Å². The number of carbonyl (C=O) groups is 3. The van der Waals surface area contributed by atoms with Gasteiger partial charge in [0.25, 0.3) is 11.8 Å². The molecule has 3 aromatic rings. The van der Waals surface area contributed by atoms with E-state index in [1.807, 2.05) is 6.07 Å². The van der Waals surface area contributed by atoms with E-state index in [9.17, 15) is 18.8 Å². The summed E-state index contributed by atoms with van der Waals surface area (Å²) >= 11 is 0. The van der Waals surface area contributed by atoms with Crippen molar-refractivity contribution in [2.45, 2.75) is 13.5 Å². The van der Waals surface area contributed by atoms with Gasteiger partial charge in [-0.25, -0.2) is 4.39 Å². The number of benzene rings is 3. The third-order valence-corrected chi connectivity index (χ3v) is 4.96. The van der Waals surface area contributed by atoms with Crippen molar-refractivity contribution < 1.29 is 18.8 Å². The highest BCUT2D eigenvalue weighted by Gasteiger charge is 2.39. The number of imide groups is 1. The smallest absolute Gasteiger partial charge is 0.278 e. The van der Waals surface area contributed by atoms with Crippen molar-refractivity contribution in [2.75, 3.05) is 10.6 Å². The monoisotopic (exact) mass is 429 g/mol. The summed E-state index contributed by atoms with van der Waals surface area (Å²) < 4.78 is 13.3. The maximum atomic E-state index is 13.3. The normalized spacial score (nSPS) is 13.5. The topological polar surface area (TPSA) is 78.5 Å². The first kappa shape index (κ1) is 21.0. The lowest BCUT2D eigenvalue weighted by atomic mass is 10.0.